The van der Waals surface area contributed by atoms with Gasteiger partial charge in [-0.2, -0.15) is 0 Å². The summed E-state index contributed by atoms with van der Waals surface area (Å²) in [6, 6.07) is 15.5. The summed E-state index contributed by atoms with van der Waals surface area (Å²) < 4.78 is 12.0. The molecule has 8 rings (SSSR count). The summed E-state index contributed by atoms with van der Waals surface area (Å²) in [7, 11) is 2.58. The van der Waals surface area contributed by atoms with Crippen LogP contribution in [0.4, 0.5) is 9.59 Å². The first-order valence-electron chi connectivity index (χ1n) is 19.7. The first kappa shape index (κ1) is 39.8. The molecule has 306 valence electrons. The summed E-state index contributed by atoms with van der Waals surface area (Å²) in [6.07, 6.45) is 5.56. The Hall–Kier alpha value is -6.00. The molecule has 0 bridgehead atoms. The van der Waals surface area contributed by atoms with E-state index in [1.54, 1.807) is 27.6 Å². The van der Waals surface area contributed by atoms with Gasteiger partial charge in [-0.25, -0.2) is 19.6 Å². The molecule has 4 amide bonds. The number of nitrogens with one attached hydrogen (secondary N) is 4. The van der Waals surface area contributed by atoms with Gasteiger partial charge in [-0.05, 0) is 48.3 Å². The minimum Gasteiger partial charge on any atom is -0.453 e. The second-order valence-electron chi connectivity index (χ2n) is 15.1. The molecule has 2 aliphatic heterocycles. The van der Waals surface area contributed by atoms with Gasteiger partial charge in [0, 0.05) is 35.0 Å². The molecule has 4 atom stereocenters. The van der Waals surface area contributed by atoms with Crippen LogP contribution in [0, 0.1) is 5.92 Å². The largest absolute Gasteiger partial charge is 0.453 e. The number of rotatable bonds is 11. The number of amides is 4. The Kier molecular flexibility index (Phi) is 11.5. The number of carbonyl (C=O) groups excluding carboxylic acids is 4. The van der Waals surface area contributed by atoms with Crippen molar-refractivity contribution in [2.24, 2.45) is 5.92 Å². The molecule has 0 radical (unpaired) electrons. The second-order valence-corrected chi connectivity index (χ2v) is 16.9. The summed E-state index contributed by atoms with van der Waals surface area (Å²) in [6.45, 7) is 4.95. The number of benzene rings is 2. The van der Waals surface area contributed by atoms with Crippen molar-refractivity contribution in [2.45, 2.75) is 63.7 Å². The van der Waals surface area contributed by atoms with E-state index in [1.165, 1.54) is 18.9 Å². The van der Waals surface area contributed by atoms with Crippen molar-refractivity contribution in [1.29, 1.82) is 0 Å². The predicted octanol–water partition coefficient (Wildman–Crippen LogP) is 8.21. The van der Waals surface area contributed by atoms with Crippen LogP contribution in [0.15, 0.2) is 77.8 Å². The van der Waals surface area contributed by atoms with Gasteiger partial charge in [0.15, 0.2) is 0 Å². The van der Waals surface area contributed by atoms with E-state index < -0.39 is 24.3 Å². The van der Waals surface area contributed by atoms with Gasteiger partial charge in [0.25, 0.3) is 5.91 Å². The number of aromatic amines is 2. The summed E-state index contributed by atoms with van der Waals surface area (Å²) in [5.74, 6) is 0.982. The van der Waals surface area contributed by atoms with Gasteiger partial charge in [0.05, 0.1) is 59.5 Å². The van der Waals surface area contributed by atoms with Crippen LogP contribution in [0.25, 0.3) is 43.0 Å². The van der Waals surface area contributed by atoms with Crippen LogP contribution in [0.2, 0.25) is 0 Å². The average molecular weight is 835 g/mol. The summed E-state index contributed by atoms with van der Waals surface area (Å²) in [5.41, 5.74) is 6.72. The van der Waals surface area contributed by atoms with Crippen LogP contribution in [-0.4, -0.2) is 87.1 Å². The van der Waals surface area contributed by atoms with Crippen molar-refractivity contribution in [3.05, 3.63) is 95.0 Å². The predicted molar refractivity (Wildman–Crippen MR) is 227 cm³/mol. The molecular weight excluding hydrogens is 789 g/mol. The lowest BCUT2D eigenvalue weighted by Gasteiger charge is -2.30. The fourth-order valence-electron chi connectivity index (χ4n) is 8.11. The number of alkyl carbamates (subject to hydrolysis) is 2. The number of thiophene rings is 2. The van der Waals surface area contributed by atoms with Crippen molar-refractivity contribution in [2.75, 3.05) is 27.3 Å². The number of methoxy groups -OCH3 is 2. The first-order valence-corrected chi connectivity index (χ1v) is 21.5. The highest BCUT2D eigenvalue weighted by atomic mass is 32.1. The summed E-state index contributed by atoms with van der Waals surface area (Å²) in [5, 5.41) is 9.76. The van der Waals surface area contributed by atoms with Gasteiger partial charge in [-0.1, -0.05) is 68.4 Å². The monoisotopic (exact) mass is 834 g/mol. The third-order valence-corrected chi connectivity index (χ3v) is 13.4. The standard InChI is InChI=1S/C43H46N8O6S2/c1-24(2)34(48-42(54)56-3)40(52)50-18-8-12-32(50)38-44-20-30(46-38)26-16-14-25(15-17-26)28-22-58-37-29(23-59-36(28)37)31-21-45-39(47-31)33-13-9-19-51(33)41(53)35(49-43(55)57-4)27-10-6-5-7-11-27/h5-7,10-11,14-17,20-24,32-35H,8-9,12-13,18-19H2,1-4H3,(H,44,46)(H,45,47)(H,48,54)(H,49,55)/t32?,33?,34-,35-/m0/s1. The lowest BCUT2D eigenvalue weighted by molar-refractivity contribution is -0.135. The number of hydrogen-bond acceptors (Lipinski definition) is 10. The quantitative estimate of drug-likeness (QED) is 0.101. The summed E-state index contributed by atoms with van der Waals surface area (Å²) >= 11 is 3.38. The first-order chi connectivity index (χ1) is 28.6. The second kappa shape index (κ2) is 17.1. The SMILES string of the molecule is COC(=O)N[C@H](C(=O)N1CCCC1c1ncc(-c2csc3c(-c4ccc(-c5cnc(C6CCCN6C(=O)[C@@H](NC(=O)OC)C(C)C)[nH]5)cc4)csc23)[nH]1)c1ccccc1. The number of imidazole rings is 2. The van der Waals surface area contributed by atoms with Gasteiger partial charge in [0.2, 0.25) is 5.91 Å². The van der Waals surface area contributed by atoms with Gasteiger partial charge < -0.3 is 39.9 Å². The molecule has 14 nitrogen and oxygen atoms in total. The van der Waals surface area contributed by atoms with E-state index in [0.717, 1.165) is 69.8 Å². The normalized spacial score (nSPS) is 17.6. The third-order valence-electron chi connectivity index (χ3n) is 11.2. The number of carbonyl (C=O) groups is 4. The molecule has 2 aromatic carbocycles. The van der Waals surface area contributed by atoms with E-state index in [9.17, 15) is 19.2 Å². The number of nitrogens with zero attached hydrogens (tertiary/aromatic N) is 4. The van der Waals surface area contributed by atoms with E-state index in [0.29, 0.717) is 24.5 Å². The Bertz CT molecular complexity index is 2460. The van der Waals surface area contributed by atoms with Gasteiger partial charge in [-0.15, -0.1) is 22.7 Å². The number of fused-ring (bicyclic) bond motifs is 1. The number of likely N-dealkylation sites (tertiary alicyclic amines) is 2. The van der Waals surface area contributed by atoms with Crippen LogP contribution < -0.4 is 10.6 Å². The van der Waals surface area contributed by atoms with Crippen molar-refractivity contribution >= 4 is 56.1 Å². The average Bonchev–Trinajstić information content (AvgIpc) is 4.11. The lowest BCUT2D eigenvalue weighted by Crippen LogP contribution is -2.51. The van der Waals surface area contributed by atoms with Crippen molar-refractivity contribution < 1.29 is 28.7 Å². The van der Waals surface area contributed by atoms with Crippen molar-refractivity contribution in [3.63, 3.8) is 0 Å². The van der Waals surface area contributed by atoms with E-state index in [1.807, 2.05) is 61.5 Å². The van der Waals surface area contributed by atoms with Crippen molar-refractivity contribution in [3.8, 4) is 33.6 Å². The Labute approximate surface area is 349 Å². The molecule has 6 aromatic rings. The fourth-order valence-corrected chi connectivity index (χ4v) is 10.6. The van der Waals surface area contributed by atoms with E-state index >= 15 is 0 Å². The molecular formula is C43H46N8O6S2. The van der Waals surface area contributed by atoms with E-state index in [-0.39, 0.29) is 29.8 Å². The Morgan fingerprint density at radius 3 is 1.88 bits per heavy atom. The fraction of sp³-hybridized carbons (Fsp3) is 0.349. The smallest absolute Gasteiger partial charge is 0.407 e. The molecule has 2 fully saturated rings. The molecule has 2 unspecified atom stereocenters. The zero-order chi connectivity index (χ0) is 41.2. The number of hydrogen-bond donors (Lipinski definition) is 4. The molecule has 2 saturated heterocycles. The molecule has 2 aliphatic rings. The zero-order valence-corrected chi connectivity index (χ0v) is 34.8. The third kappa shape index (κ3) is 7.93. The van der Waals surface area contributed by atoms with Gasteiger partial charge in [-0.3, -0.25) is 9.59 Å². The van der Waals surface area contributed by atoms with E-state index in [4.69, 9.17) is 19.4 Å². The molecule has 4 aromatic heterocycles. The maximum atomic E-state index is 14.0. The highest BCUT2D eigenvalue weighted by Gasteiger charge is 2.39. The number of H-pyrrole nitrogens is 2. The minimum absolute atomic E-state index is 0.108. The van der Waals surface area contributed by atoms with Crippen LogP contribution in [0.3, 0.4) is 0 Å². The highest BCUT2D eigenvalue weighted by molar-refractivity contribution is 7.27. The van der Waals surface area contributed by atoms with Gasteiger partial charge in [0.1, 0.15) is 23.7 Å². The Morgan fingerprint density at radius 1 is 0.712 bits per heavy atom. The van der Waals surface area contributed by atoms with Crippen molar-refractivity contribution in [1.82, 2.24) is 40.4 Å². The molecule has 0 saturated carbocycles. The molecule has 0 aliphatic carbocycles. The number of aromatic nitrogens is 4. The molecule has 16 heteroatoms. The lowest BCUT2D eigenvalue weighted by atomic mass is 10.0. The summed E-state index contributed by atoms with van der Waals surface area (Å²) in [4.78, 5) is 71.9. The van der Waals surface area contributed by atoms with E-state index in [2.05, 4.69) is 55.6 Å². The molecule has 4 N–H and O–H groups in total. The topological polar surface area (TPSA) is 175 Å². The number of ether oxygens (including phenoxy) is 2. The maximum Gasteiger partial charge on any atom is 0.407 e. The van der Waals surface area contributed by atoms with Crippen LogP contribution in [-0.2, 0) is 19.1 Å². The zero-order valence-electron chi connectivity index (χ0n) is 33.2. The maximum absolute atomic E-state index is 14.0. The molecule has 59 heavy (non-hydrogen) atoms. The molecule has 0 spiro atoms. The van der Waals surface area contributed by atoms with Crippen LogP contribution in [0.1, 0.15) is 74.9 Å². The van der Waals surface area contributed by atoms with Crippen LogP contribution >= 0.6 is 22.7 Å². The highest BCUT2D eigenvalue weighted by Crippen LogP contribution is 2.44. The Balaban J connectivity index is 0.968. The van der Waals surface area contributed by atoms with Gasteiger partial charge >= 0.3 is 12.2 Å². The Morgan fingerprint density at radius 2 is 1.25 bits per heavy atom. The molecule has 6 heterocycles. The van der Waals surface area contributed by atoms with Crippen LogP contribution in [0.5, 0.6) is 0 Å². The minimum atomic E-state index is -0.882.